The van der Waals surface area contributed by atoms with Crippen LogP contribution in [0.5, 0.6) is 0 Å². The molecule has 0 amide bonds. The number of nitrogens with zero attached hydrogens (tertiary/aromatic N) is 1. The molecule has 0 saturated carbocycles. The highest BCUT2D eigenvalue weighted by Gasteiger charge is 2.20. The molecule has 0 unspecified atom stereocenters. The van der Waals surface area contributed by atoms with Gasteiger partial charge in [-0.1, -0.05) is 31.2 Å². The van der Waals surface area contributed by atoms with E-state index in [0.29, 0.717) is 0 Å². The lowest BCUT2D eigenvalue weighted by Crippen LogP contribution is -2.22. The van der Waals surface area contributed by atoms with E-state index in [-0.39, 0.29) is 6.10 Å². The zero-order valence-corrected chi connectivity index (χ0v) is 9.32. The Morgan fingerprint density at radius 3 is 2.67 bits per heavy atom. The van der Waals surface area contributed by atoms with Crippen molar-refractivity contribution in [3.63, 3.8) is 0 Å². The minimum atomic E-state index is -0.112. The molecule has 82 valence electrons. The highest BCUT2D eigenvalue weighted by atomic mass is 16.3. The van der Waals surface area contributed by atoms with Crippen LogP contribution < -0.4 is 0 Å². The maximum atomic E-state index is 9.46. The normalized spacial score (nSPS) is 22.1. The van der Waals surface area contributed by atoms with Crippen molar-refractivity contribution in [3.05, 3.63) is 35.4 Å². The summed E-state index contributed by atoms with van der Waals surface area (Å²) >= 11 is 0. The maximum absolute atomic E-state index is 9.46. The van der Waals surface area contributed by atoms with E-state index in [1.807, 2.05) is 0 Å². The van der Waals surface area contributed by atoms with Crippen molar-refractivity contribution in [1.82, 2.24) is 4.90 Å². The zero-order valence-electron chi connectivity index (χ0n) is 9.32. The van der Waals surface area contributed by atoms with E-state index in [2.05, 4.69) is 36.1 Å². The maximum Gasteiger partial charge on any atom is 0.0679 e. The van der Waals surface area contributed by atoms with Gasteiger partial charge in [-0.15, -0.1) is 0 Å². The van der Waals surface area contributed by atoms with E-state index in [1.54, 1.807) is 0 Å². The van der Waals surface area contributed by atoms with Crippen LogP contribution in [0.3, 0.4) is 0 Å². The van der Waals surface area contributed by atoms with Crippen LogP contribution in [0.25, 0.3) is 0 Å². The quantitative estimate of drug-likeness (QED) is 0.813. The summed E-state index contributed by atoms with van der Waals surface area (Å²) in [5.41, 5.74) is 2.84. The van der Waals surface area contributed by atoms with Crippen molar-refractivity contribution in [3.8, 4) is 0 Å². The van der Waals surface area contributed by atoms with E-state index in [4.69, 9.17) is 0 Å². The lowest BCUT2D eigenvalue weighted by atomic mass is 10.1. The molecular weight excluding hydrogens is 186 g/mol. The molecule has 0 aromatic heterocycles. The van der Waals surface area contributed by atoms with Gasteiger partial charge in [-0.05, 0) is 24.0 Å². The summed E-state index contributed by atoms with van der Waals surface area (Å²) in [7, 11) is 0. The summed E-state index contributed by atoms with van der Waals surface area (Å²) in [6, 6.07) is 8.59. The van der Waals surface area contributed by atoms with E-state index >= 15 is 0 Å². The first-order valence-corrected chi connectivity index (χ1v) is 5.76. The molecule has 1 aliphatic heterocycles. The minimum absolute atomic E-state index is 0.112. The SMILES string of the molecule is CCc1ccccc1CN1CC[C@@H](O)C1. The van der Waals surface area contributed by atoms with Gasteiger partial charge in [0.05, 0.1) is 6.10 Å². The van der Waals surface area contributed by atoms with Crippen LogP contribution in [0, 0.1) is 0 Å². The van der Waals surface area contributed by atoms with Gasteiger partial charge in [0, 0.05) is 19.6 Å². The third-order valence-corrected chi connectivity index (χ3v) is 3.14. The number of hydrogen-bond acceptors (Lipinski definition) is 2. The minimum Gasteiger partial charge on any atom is -0.392 e. The third kappa shape index (κ3) is 2.58. The highest BCUT2D eigenvalue weighted by molar-refractivity contribution is 5.27. The molecular formula is C13H19NO. The first-order valence-electron chi connectivity index (χ1n) is 5.76. The van der Waals surface area contributed by atoms with E-state index in [9.17, 15) is 5.11 Å². The van der Waals surface area contributed by atoms with Gasteiger partial charge in [0.25, 0.3) is 0 Å². The third-order valence-electron chi connectivity index (χ3n) is 3.14. The predicted octanol–water partition coefficient (Wildman–Crippen LogP) is 1.82. The molecule has 0 aliphatic carbocycles. The lowest BCUT2D eigenvalue weighted by Gasteiger charge is -2.17. The molecule has 0 bridgehead atoms. The molecule has 0 spiro atoms. The molecule has 1 aromatic carbocycles. The molecule has 2 heteroatoms. The van der Waals surface area contributed by atoms with Crippen molar-refractivity contribution >= 4 is 0 Å². The Hall–Kier alpha value is -0.860. The number of hydrogen-bond donors (Lipinski definition) is 1. The van der Waals surface area contributed by atoms with Crippen LogP contribution in [-0.4, -0.2) is 29.2 Å². The average molecular weight is 205 g/mol. The molecule has 2 nitrogen and oxygen atoms in total. The van der Waals surface area contributed by atoms with Gasteiger partial charge in [0.2, 0.25) is 0 Å². The number of likely N-dealkylation sites (tertiary alicyclic amines) is 1. The fraction of sp³-hybridized carbons (Fsp3) is 0.538. The van der Waals surface area contributed by atoms with E-state index < -0.39 is 0 Å². The summed E-state index contributed by atoms with van der Waals surface area (Å²) in [5.74, 6) is 0. The number of aryl methyl sites for hydroxylation is 1. The second kappa shape index (κ2) is 4.77. The van der Waals surface area contributed by atoms with Crippen LogP contribution in [-0.2, 0) is 13.0 Å². The first kappa shape index (κ1) is 10.7. The van der Waals surface area contributed by atoms with Gasteiger partial charge in [-0.25, -0.2) is 0 Å². The van der Waals surface area contributed by atoms with Crippen molar-refractivity contribution in [2.75, 3.05) is 13.1 Å². The summed E-state index contributed by atoms with van der Waals surface area (Å²) in [6.45, 7) is 5.04. The number of β-amino-alcohol motifs (C(OH)–C–C–N with tert-alkyl or cyclic N) is 1. The Morgan fingerprint density at radius 1 is 1.33 bits per heavy atom. The number of rotatable bonds is 3. The Bertz CT molecular complexity index is 324. The summed E-state index contributed by atoms with van der Waals surface area (Å²) in [4.78, 5) is 2.33. The first-order chi connectivity index (χ1) is 7.29. The van der Waals surface area contributed by atoms with Crippen LogP contribution in [0.4, 0.5) is 0 Å². The van der Waals surface area contributed by atoms with E-state index in [0.717, 1.165) is 32.5 Å². The van der Waals surface area contributed by atoms with Gasteiger partial charge in [0.1, 0.15) is 0 Å². The van der Waals surface area contributed by atoms with Crippen LogP contribution in [0.15, 0.2) is 24.3 Å². The van der Waals surface area contributed by atoms with Gasteiger partial charge >= 0.3 is 0 Å². The predicted molar refractivity (Wildman–Crippen MR) is 61.7 cm³/mol. The molecule has 1 saturated heterocycles. The fourth-order valence-corrected chi connectivity index (χ4v) is 2.25. The topological polar surface area (TPSA) is 23.5 Å². The lowest BCUT2D eigenvalue weighted by molar-refractivity contribution is 0.174. The molecule has 1 heterocycles. The molecule has 1 aliphatic rings. The average Bonchev–Trinajstić information content (AvgIpc) is 2.65. The Morgan fingerprint density at radius 2 is 2.07 bits per heavy atom. The van der Waals surface area contributed by atoms with Gasteiger partial charge in [-0.2, -0.15) is 0 Å². The van der Waals surface area contributed by atoms with Crippen molar-refractivity contribution < 1.29 is 5.11 Å². The monoisotopic (exact) mass is 205 g/mol. The number of benzene rings is 1. The Balaban J connectivity index is 2.04. The fourth-order valence-electron chi connectivity index (χ4n) is 2.25. The Labute approximate surface area is 91.5 Å². The molecule has 2 rings (SSSR count). The summed E-state index contributed by atoms with van der Waals surface area (Å²) in [5, 5.41) is 9.46. The number of aliphatic hydroxyl groups is 1. The van der Waals surface area contributed by atoms with Crippen LogP contribution >= 0.6 is 0 Å². The van der Waals surface area contributed by atoms with Crippen LogP contribution in [0.1, 0.15) is 24.5 Å². The molecule has 1 atom stereocenters. The zero-order chi connectivity index (χ0) is 10.7. The molecule has 1 N–H and O–H groups in total. The van der Waals surface area contributed by atoms with Crippen molar-refractivity contribution in [1.29, 1.82) is 0 Å². The van der Waals surface area contributed by atoms with Gasteiger partial charge in [0.15, 0.2) is 0 Å². The second-order valence-corrected chi connectivity index (χ2v) is 4.30. The van der Waals surface area contributed by atoms with Crippen molar-refractivity contribution in [2.45, 2.75) is 32.4 Å². The van der Waals surface area contributed by atoms with E-state index in [1.165, 1.54) is 11.1 Å². The molecule has 1 fully saturated rings. The Kier molecular flexibility index (Phi) is 3.39. The second-order valence-electron chi connectivity index (χ2n) is 4.30. The number of aliphatic hydroxyl groups excluding tert-OH is 1. The highest BCUT2D eigenvalue weighted by Crippen LogP contribution is 2.16. The summed E-state index contributed by atoms with van der Waals surface area (Å²) in [6.07, 6.45) is 1.90. The largest absolute Gasteiger partial charge is 0.392 e. The smallest absolute Gasteiger partial charge is 0.0679 e. The van der Waals surface area contributed by atoms with Crippen LogP contribution in [0.2, 0.25) is 0 Å². The van der Waals surface area contributed by atoms with Crippen molar-refractivity contribution in [2.24, 2.45) is 0 Å². The molecule has 0 radical (unpaired) electrons. The van der Waals surface area contributed by atoms with Gasteiger partial charge in [-0.3, -0.25) is 4.90 Å². The molecule has 1 aromatic rings. The standard InChI is InChI=1S/C13H19NO/c1-2-11-5-3-4-6-12(11)9-14-8-7-13(15)10-14/h3-6,13,15H,2,7-10H2,1H3/t13-/m1/s1. The van der Waals surface area contributed by atoms with Gasteiger partial charge < -0.3 is 5.11 Å². The summed E-state index contributed by atoms with van der Waals surface area (Å²) < 4.78 is 0. The molecule has 15 heavy (non-hydrogen) atoms.